The van der Waals surface area contributed by atoms with Crippen molar-refractivity contribution in [1.29, 1.82) is 0 Å². The molecule has 1 aromatic heterocycles. The zero-order chi connectivity index (χ0) is 13.9. The third-order valence-electron chi connectivity index (χ3n) is 2.47. The molecule has 1 aromatic carbocycles. The van der Waals surface area contributed by atoms with E-state index in [4.69, 9.17) is 4.74 Å². The first kappa shape index (κ1) is 13.3. The molecule has 2 N–H and O–H groups in total. The van der Waals surface area contributed by atoms with Crippen molar-refractivity contribution in [2.45, 2.75) is 12.7 Å². The van der Waals surface area contributed by atoms with Gasteiger partial charge in [0.1, 0.15) is 5.75 Å². The number of alkyl halides is 3. The van der Waals surface area contributed by atoms with Crippen molar-refractivity contribution in [3.8, 4) is 5.75 Å². The molecule has 0 aliphatic rings. The van der Waals surface area contributed by atoms with Crippen LogP contribution in [-0.2, 0) is 12.7 Å². The van der Waals surface area contributed by atoms with Crippen LogP contribution < -0.4 is 10.1 Å². The largest absolute Gasteiger partial charge is 0.497 e. The lowest BCUT2D eigenvalue weighted by Gasteiger charge is -2.06. The van der Waals surface area contributed by atoms with Gasteiger partial charge in [-0.2, -0.15) is 18.3 Å². The van der Waals surface area contributed by atoms with Gasteiger partial charge in [-0.1, -0.05) is 6.07 Å². The van der Waals surface area contributed by atoms with Crippen LogP contribution in [0, 0.1) is 0 Å². The fraction of sp³-hybridized carbons (Fsp3) is 0.250. The van der Waals surface area contributed by atoms with Gasteiger partial charge in [-0.25, -0.2) is 0 Å². The highest BCUT2D eigenvalue weighted by Crippen LogP contribution is 2.27. The van der Waals surface area contributed by atoms with E-state index >= 15 is 0 Å². The second-order valence-corrected chi connectivity index (χ2v) is 3.86. The number of aromatic amines is 1. The van der Waals surface area contributed by atoms with Crippen molar-refractivity contribution in [1.82, 2.24) is 10.2 Å². The van der Waals surface area contributed by atoms with Gasteiger partial charge in [0.05, 0.1) is 19.3 Å². The normalized spacial score (nSPS) is 11.4. The Kier molecular flexibility index (Phi) is 3.64. The van der Waals surface area contributed by atoms with E-state index < -0.39 is 11.9 Å². The number of anilines is 1. The number of rotatable bonds is 4. The predicted molar refractivity (Wildman–Crippen MR) is 63.9 cm³/mol. The molecule has 0 amide bonds. The molecule has 0 aliphatic carbocycles. The molecule has 0 radical (unpaired) electrons. The van der Waals surface area contributed by atoms with E-state index in [9.17, 15) is 13.2 Å². The van der Waals surface area contributed by atoms with E-state index in [1.54, 1.807) is 31.4 Å². The second-order valence-electron chi connectivity index (χ2n) is 3.86. The minimum absolute atomic E-state index is 0.218. The number of hydrogen-bond donors (Lipinski definition) is 2. The third-order valence-corrected chi connectivity index (χ3v) is 2.47. The maximum Gasteiger partial charge on any atom is 0.435 e. The quantitative estimate of drug-likeness (QED) is 0.898. The highest BCUT2D eigenvalue weighted by molar-refractivity contribution is 5.48. The molecule has 0 saturated heterocycles. The SMILES string of the molecule is COc1cccc(NCc2cc(C(F)(F)F)n[nH]2)c1. The van der Waals surface area contributed by atoms with Gasteiger partial charge in [-0.05, 0) is 18.2 Å². The summed E-state index contributed by atoms with van der Waals surface area (Å²) in [5, 5.41) is 8.55. The number of benzene rings is 1. The van der Waals surface area contributed by atoms with E-state index in [1.807, 2.05) is 0 Å². The van der Waals surface area contributed by atoms with Gasteiger partial charge in [0.2, 0.25) is 0 Å². The molecule has 0 bridgehead atoms. The Labute approximate surface area is 107 Å². The number of nitrogens with zero attached hydrogens (tertiary/aromatic N) is 1. The van der Waals surface area contributed by atoms with Crippen molar-refractivity contribution in [2.75, 3.05) is 12.4 Å². The Morgan fingerprint density at radius 3 is 2.74 bits per heavy atom. The molecule has 19 heavy (non-hydrogen) atoms. The molecule has 2 rings (SSSR count). The number of hydrogen-bond acceptors (Lipinski definition) is 3. The molecule has 0 unspecified atom stereocenters. The molecule has 0 atom stereocenters. The van der Waals surface area contributed by atoms with Gasteiger partial charge >= 0.3 is 6.18 Å². The van der Waals surface area contributed by atoms with E-state index in [1.165, 1.54) is 0 Å². The lowest BCUT2D eigenvalue weighted by Crippen LogP contribution is -2.04. The van der Waals surface area contributed by atoms with Crippen LogP contribution in [0.4, 0.5) is 18.9 Å². The zero-order valence-corrected chi connectivity index (χ0v) is 10.1. The van der Waals surface area contributed by atoms with Crippen LogP contribution in [0.25, 0.3) is 0 Å². The average Bonchev–Trinajstić information content (AvgIpc) is 2.85. The predicted octanol–water partition coefficient (Wildman–Crippen LogP) is 3.05. The van der Waals surface area contributed by atoms with E-state index in [0.717, 1.165) is 11.8 Å². The highest BCUT2D eigenvalue weighted by Gasteiger charge is 2.33. The molecule has 1 heterocycles. The number of methoxy groups -OCH3 is 1. The zero-order valence-electron chi connectivity index (χ0n) is 10.1. The summed E-state index contributed by atoms with van der Waals surface area (Å²) in [4.78, 5) is 0. The fourth-order valence-electron chi connectivity index (χ4n) is 1.53. The molecule has 7 heteroatoms. The summed E-state index contributed by atoms with van der Waals surface area (Å²) in [6.07, 6.45) is -4.43. The topological polar surface area (TPSA) is 49.9 Å². The summed E-state index contributed by atoms with van der Waals surface area (Å²) in [5.74, 6) is 0.672. The lowest BCUT2D eigenvalue weighted by atomic mass is 10.3. The maximum absolute atomic E-state index is 12.3. The number of ether oxygens (including phenoxy) is 1. The minimum atomic E-state index is -4.43. The average molecular weight is 271 g/mol. The Bertz CT molecular complexity index is 551. The molecule has 4 nitrogen and oxygen atoms in total. The first-order valence-corrected chi connectivity index (χ1v) is 5.48. The lowest BCUT2D eigenvalue weighted by molar-refractivity contribution is -0.141. The van der Waals surface area contributed by atoms with Crippen molar-refractivity contribution < 1.29 is 17.9 Å². The number of H-pyrrole nitrogens is 1. The van der Waals surface area contributed by atoms with E-state index in [2.05, 4.69) is 15.5 Å². The third kappa shape index (κ3) is 3.40. The van der Waals surface area contributed by atoms with Crippen LogP contribution in [0.15, 0.2) is 30.3 Å². The van der Waals surface area contributed by atoms with Gasteiger partial charge < -0.3 is 10.1 Å². The summed E-state index contributed by atoms with van der Waals surface area (Å²) >= 11 is 0. The molecule has 0 saturated carbocycles. The number of halogens is 3. The van der Waals surface area contributed by atoms with Crippen LogP contribution in [-0.4, -0.2) is 17.3 Å². The summed E-state index contributed by atoms with van der Waals surface area (Å²) in [6.45, 7) is 0.218. The summed E-state index contributed by atoms with van der Waals surface area (Å²) in [5.41, 5.74) is 0.188. The smallest absolute Gasteiger partial charge is 0.435 e. The van der Waals surface area contributed by atoms with Crippen LogP contribution in [0.2, 0.25) is 0 Å². The standard InChI is InChI=1S/C12H12F3N3O/c1-19-10-4-2-3-8(5-10)16-7-9-6-11(18-17-9)12(13,14)15/h2-6,16H,7H2,1H3,(H,17,18). The first-order chi connectivity index (χ1) is 8.99. The van der Waals surface area contributed by atoms with Gasteiger partial charge in [-0.15, -0.1) is 0 Å². The molecule has 0 spiro atoms. The Hall–Kier alpha value is -2.18. The highest BCUT2D eigenvalue weighted by atomic mass is 19.4. The number of aromatic nitrogens is 2. The molecule has 0 aliphatic heterocycles. The summed E-state index contributed by atoms with van der Waals surface area (Å²) < 4.78 is 42.1. The fourth-order valence-corrected chi connectivity index (χ4v) is 1.53. The van der Waals surface area contributed by atoms with E-state index in [-0.39, 0.29) is 6.54 Å². The minimum Gasteiger partial charge on any atom is -0.497 e. The second kappa shape index (κ2) is 5.21. The van der Waals surface area contributed by atoms with Crippen molar-refractivity contribution in [3.63, 3.8) is 0 Å². The van der Waals surface area contributed by atoms with Crippen LogP contribution in [0.3, 0.4) is 0 Å². The first-order valence-electron chi connectivity index (χ1n) is 5.48. The molecule has 0 fully saturated rings. The Morgan fingerprint density at radius 2 is 2.11 bits per heavy atom. The molecule has 2 aromatic rings. The molecular weight excluding hydrogens is 259 g/mol. The summed E-state index contributed by atoms with van der Waals surface area (Å²) in [6, 6.07) is 8.09. The van der Waals surface area contributed by atoms with Crippen molar-refractivity contribution in [2.24, 2.45) is 0 Å². The monoisotopic (exact) mass is 271 g/mol. The van der Waals surface area contributed by atoms with Gasteiger partial charge in [-0.3, -0.25) is 5.10 Å². The van der Waals surface area contributed by atoms with Crippen LogP contribution in [0.1, 0.15) is 11.4 Å². The van der Waals surface area contributed by atoms with Crippen LogP contribution >= 0.6 is 0 Å². The summed E-state index contributed by atoms with van der Waals surface area (Å²) in [7, 11) is 1.55. The van der Waals surface area contributed by atoms with Gasteiger partial charge in [0.15, 0.2) is 5.69 Å². The van der Waals surface area contributed by atoms with Gasteiger partial charge in [0.25, 0.3) is 0 Å². The maximum atomic E-state index is 12.3. The molecule has 102 valence electrons. The van der Waals surface area contributed by atoms with Crippen molar-refractivity contribution >= 4 is 5.69 Å². The number of nitrogens with one attached hydrogen (secondary N) is 2. The van der Waals surface area contributed by atoms with Crippen molar-refractivity contribution in [3.05, 3.63) is 41.7 Å². The Morgan fingerprint density at radius 1 is 1.32 bits per heavy atom. The molecular formula is C12H12F3N3O. The Balaban J connectivity index is 2.00. The van der Waals surface area contributed by atoms with Gasteiger partial charge in [0, 0.05) is 11.8 Å². The van der Waals surface area contributed by atoms with E-state index in [0.29, 0.717) is 11.4 Å². The van der Waals surface area contributed by atoms with Crippen LogP contribution in [0.5, 0.6) is 5.75 Å².